The number of halogens is 1. The lowest BCUT2D eigenvalue weighted by Gasteiger charge is -2.41. The fourth-order valence-electron chi connectivity index (χ4n) is 5.03. The van der Waals surface area contributed by atoms with Crippen molar-refractivity contribution >= 4 is 21.9 Å². The van der Waals surface area contributed by atoms with Crippen LogP contribution in [0.15, 0.2) is 59.5 Å². The number of carbonyl (C=O) groups excluding carboxylic acids is 2. The smallest absolute Gasteiger partial charge is 0.309 e. The van der Waals surface area contributed by atoms with E-state index in [1.165, 1.54) is 28.6 Å². The molecule has 0 saturated carbocycles. The molecule has 1 amide bonds. The predicted molar refractivity (Wildman–Crippen MR) is 128 cm³/mol. The van der Waals surface area contributed by atoms with Crippen molar-refractivity contribution in [1.82, 2.24) is 9.21 Å². The molecule has 2 fully saturated rings. The normalized spacial score (nSPS) is 22.1. The molecule has 2 aliphatic rings. The Labute approximate surface area is 205 Å². The summed E-state index contributed by atoms with van der Waals surface area (Å²) >= 11 is 0. The first kappa shape index (κ1) is 25.3. The Morgan fingerprint density at radius 3 is 2.34 bits per heavy atom. The lowest BCUT2D eigenvalue weighted by atomic mass is 9.89. The Morgan fingerprint density at radius 1 is 0.971 bits per heavy atom. The summed E-state index contributed by atoms with van der Waals surface area (Å²) in [6, 6.07) is 13.5. The van der Waals surface area contributed by atoms with E-state index in [1.54, 1.807) is 42.2 Å². The maximum absolute atomic E-state index is 14.0. The monoisotopic (exact) mass is 502 g/mol. The van der Waals surface area contributed by atoms with Crippen LogP contribution in [0.25, 0.3) is 0 Å². The number of benzene rings is 2. The first-order valence-electron chi connectivity index (χ1n) is 12.1. The van der Waals surface area contributed by atoms with Crippen LogP contribution in [-0.4, -0.2) is 55.7 Å². The SMILES string of the molecule is CCOC(=O)C1CCN(C(=O)C2CCC(c3cccc(F)c3)N(S(=O)(=O)c3ccccc3)C2)CC1. The van der Waals surface area contributed by atoms with Crippen LogP contribution in [0.1, 0.15) is 44.2 Å². The van der Waals surface area contributed by atoms with Crippen molar-refractivity contribution < 1.29 is 27.1 Å². The lowest BCUT2D eigenvalue weighted by Crippen LogP contribution is -2.50. The van der Waals surface area contributed by atoms with E-state index in [0.717, 1.165) is 0 Å². The number of ether oxygens (including phenoxy) is 1. The summed E-state index contributed by atoms with van der Waals surface area (Å²) in [5.41, 5.74) is 0.575. The van der Waals surface area contributed by atoms with Crippen LogP contribution in [0.5, 0.6) is 0 Å². The van der Waals surface area contributed by atoms with Crippen molar-refractivity contribution in [2.24, 2.45) is 11.8 Å². The fourth-order valence-corrected chi connectivity index (χ4v) is 6.74. The van der Waals surface area contributed by atoms with Gasteiger partial charge >= 0.3 is 5.97 Å². The Kier molecular flexibility index (Phi) is 7.86. The molecular weight excluding hydrogens is 471 g/mol. The zero-order chi connectivity index (χ0) is 25.0. The number of sulfonamides is 1. The summed E-state index contributed by atoms with van der Waals surface area (Å²) in [6.07, 6.45) is 1.98. The molecule has 0 N–H and O–H groups in total. The van der Waals surface area contributed by atoms with Gasteiger partial charge in [-0.3, -0.25) is 9.59 Å². The number of carbonyl (C=O) groups is 2. The fraction of sp³-hybridized carbons (Fsp3) is 0.462. The van der Waals surface area contributed by atoms with E-state index in [-0.39, 0.29) is 29.2 Å². The van der Waals surface area contributed by atoms with Gasteiger partial charge in [-0.05, 0) is 62.4 Å². The second-order valence-corrected chi connectivity index (χ2v) is 11.0. The van der Waals surface area contributed by atoms with E-state index in [0.29, 0.717) is 50.9 Å². The third kappa shape index (κ3) is 5.56. The minimum atomic E-state index is -3.92. The standard InChI is InChI=1S/C26H31FN2O5S/c1-2-34-26(31)19-13-15-28(16-14-19)25(30)21-11-12-24(20-7-6-8-22(27)17-20)29(18-21)35(32,33)23-9-4-3-5-10-23/h3-10,17,19,21,24H,2,11-16,18H2,1H3. The molecule has 0 spiro atoms. The minimum absolute atomic E-state index is 0.0229. The van der Waals surface area contributed by atoms with E-state index in [9.17, 15) is 22.4 Å². The predicted octanol–water partition coefficient (Wildman–Crippen LogP) is 3.77. The molecule has 7 nitrogen and oxygen atoms in total. The minimum Gasteiger partial charge on any atom is -0.466 e. The molecule has 0 radical (unpaired) electrons. The number of rotatable bonds is 6. The molecule has 2 saturated heterocycles. The van der Waals surface area contributed by atoms with Gasteiger partial charge in [-0.15, -0.1) is 0 Å². The van der Waals surface area contributed by atoms with Gasteiger partial charge in [-0.1, -0.05) is 30.3 Å². The molecule has 0 bridgehead atoms. The topological polar surface area (TPSA) is 84.0 Å². The van der Waals surface area contributed by atoms with Gasteiger partial charge < -0.3 is 9.64 Å². The summed E-state index contributed by atoms with van der Waals surface area (Å²) in [4.78, 5) is 27.3. The molecule has 2 unspecified atom stereocenters. The average Bonchev–Trinajstić information content (AvgIpc) is 2.88. The van der Waals surface area contributed by atoms with E-state index < -0.39 is 27.8 Å². The molecule has 9 heteroatoms. The highest BCUT2D eigenvalue weighted by molar-refractivity contribution is 7.89. The third-order valence-corrected chi connectivity index (χ3v) is 8.78. The second kappa shape index (κ2) is 10.9. The van der Waals surface area contributed by atoms with Crippen molar-refractivity contribution in [2.45, 2.75) is 43.5 Å². The Bertz CT molecular complexity index is 1150. The van der Waals surface area contributed by atoms with Crippen molar-refractivity contribution in [3.63, 3.8) is 0 Å². The Morgan fingerprint density at radius 2 is 1.69 bits per heavy atom. The molecule has 0 aliphatic carbocycles. The highest BCUT2D eigenvalue weighted by Crippen LogP contribution is 2.38. The number of hydrogen-bond donors (Lipinski definition) is 0. The van der Waals surface area contributed by atoms with Gasteiger partial charge in [0.25, 0.3) is 0 Å². The lowest BCUT2D eigenvalue weighted by molar-refractivity contribution is -0.152. The van der Waals surface area contributed by atoms with Gasteiger partial charge in [-0.2, -0.15) is 4.31 Å². The summed E-state index contributed by atoms with van der Waals surface area (Å²) in [7, 11) is -3.92. The van der Waals surface area contributed by atoms with Crippen molar-refractivity contribution in [3.05, 3.63) is 66.0 Å². The van der Waals surface area contributed by atoms with Crippen molar-refractivity contribution in [1.29, 1.82) is 0 Å². The zero-order valence-electron chi connectivity index (χ0n) is 19.8. The van der Waals surface area contributed by atoms with E-state index >= 15 is 0 Å². The van der Waals surface area contributed by atoms with Crippen LogP contribution in [-0.2, 0) is 24.3 Å². The summed E-state index contributed by atoms with van der Waals surface area (Å²) < 4.78 is 47.7. The number of esters is 1. The number of amides is 1. The largest absolute Gasteiger partial charge is 0.466 e. The maximum Gasteiger partial charge on any atom is 0.309 e. The molecular formula is C26H31FN2O5S. The second-order valence-electron chi connectivity index (χ2n) is 9.08. The van der Waals surface area contributed by atoms with Gasteiger partial charge in [0.2, 0.25) is 15.9 Å². The first-order chi connectivity index (χ1) is 16.8. The molecule has 2 aliphatic heterocycles. The number of hydrogen-bond acceptors (Lipinski definition) is 5. The third-order valence-electron chi connectivity index (χ3n) is 6.90. The van der Waals surface area contributed by atoms with E-state index in [4.69, 9.17) is 4.74 Å². The maximum atomic E-state index is 14.0. The highest BCUT2D eigenvalue weighted by Gasteiger charge is 2.42. The molecule has 2 atom stereocenters. The van der Waals surface area contributed by atoms with Crippen LogP contribution < -0.4 is 0 Å². The molecule has 2 aromatic carbocycles. The van der Waals surface area contributed by atoms with Gasteiger partial charge in [-0.25, -0.2) is 12.8 Å². The molecule has 4 rings (SSSR count). The van der Waals surface area contributed by atoms with Gasteiger partial charge in [0.1, 0.15) is 5.82 Å². The van der Waals surface area contributed by atoms with Crippen LogP contribution >= 0.6 is 0 Å². The summed E-state index contributed by atoms with van der Waals surface area (Å²) in [5, 5.41) is 0. The highest BCUT2D eigenvalue weighted by atomic mass is 32.2. The molecule has 2 aromatic rings. The number of nitrogens with zero attached hydrogens (tertiary/aromatic N) is 2. The summed E-state index contributed by atoms with van der Waals surface area (Å²) in [5.74, 6) is -1.47. The van der Waals surface area contributed by atoms with Crippen LogP contribution in [0.4, 0.5) is 4.39 Å². The molecule has 35 heavy (non-hydrogen) atoms. The molecule has 0 aromatic heterocycles. The van der Waals surface area contributed by atoms with Crippen molar-refractivity contribution in [2.75, 3.05) is 26.2 Å². The van der Waals surface area contributed by atoms with Crippen molar-refractivity contribution in [3.8, 4) is 0 Å². The first-order valence-corrected chi connectivity index (χ1v) is 13.5. The molecule has 188 valence electrons. The average molecular weight is 503 g/mol. The van der Waals surface area contributed by atoms with Crippen LogP contribution in [0, 0.1) is 17.7 Å². The number of piperidine rings is 2. The zero-order valence-corrected chi connectivity index (χ0v) is 20.6. The van der Waals surface area contributed by atoms with E-state index in [2.05, 4.69) is 0 Å². The Balaban J connectivity index is 1.54. The number of likely N-dealkylation sites (tertiary alicyclic amines) is 1. The van der Waals surface area contributed by atoms with Crippen LogP contribution in [0.2, 0.25) is 0 Å². The van der Waals surface area contributed by atoms with Gasteiger partial charge in [0.15, 0.2) is 0 Å². The summed E-state index contributed by atoms with van der Waals surface area (Å²) in [6.45, 7) is 3.01. The Hall–Kier alpha value is -2.78. The van der Waals surface area contributed by atoms with Gasteiger partial charge in [0.05, 0.1) is 29.4 Å². The van der Waals surface area contributed by atoms with E-state index in [1.807, 2.05) is 0 Å². The van der Waals surface area contributed by atoms with Crippen LogP contribution in [0.3, 0.4) is 0 Å². The quantitative estimate of drug-likeness (QED) is 0.562. The van der Waals surface area contributed by atoms with Gasteiger partial charge in [0, 0.05) is 19.6 Å². The molecule has 2 heterocycles.